The standard InChI is InChI=1S/C14H13BrN2O3S/c1-2-20-14(19)11-3-4-21-13(11)17-12(18)8-5-9(15)7-10(16)6-8/h3-7H,2,16H2,1H3,(H,17,18). The average molecular weight is 369 g/mol. The number of amides is 1. The summed E-state index contributed by atoms with van der Waals surface area (Å²) in [5.74, 6) is -0.793. The molecule has 0 bridgehead atoms. The highest BCUT2D eigenvalue weighted by molar-refractivity contribution is 9.10. The van der Waals surface area contributed by atoms with Crippen LogP contribution in [0.5, 0.6) is 0 Å². The van der Waals surface area contributed by atoms with Crippen molar-refractivity contribution in [2.24, 2.45) is 0 Å². The zero-order chi connectivity index (χ0) is 15.4. The molecule has 0 radical (unpaired) electrons. The van der Waals surface area contributed by atoms with Gasteiger partial charge in [-0.05, 0) is 36.6 Å². The van der Waals surface area contributed by atoms with Gasteiger partial charge < -0.3 is 15.8 Å². The van der Waals surface area contributed by atoms with Gasteiger partial charge in [-0.1, -0.05) is 15.9 Å². The monoisotopic (exact) mass is 368 g/mol. The van der Waals surface area contributed by atoms with Crippen molar-refractivity contribution in [1.82, 2.24) is 0 Å². The highest BCUT2D eigenvalue weighted by atomic mass is 79.9. The van der Waals surface area contributed by atoms with E-state index in [4.69, 9.17) is 10.5 Å². The number of rotatable bonds is 4. The SMILES string of the molecule is CCOC(=O)c1ccsc1NC(=O)c1cc(N)cc(Br)c1. The Bertz CT molecular complexity index is 664. The number of anilines is 2. The zero-order valence-corrected chi connectivity index (χ0v) is 13.6. The van der Waals surface area contributed by atoms with Gasteiger partial charge >= 0.3 is 5.97 Å². The Hall–Kier alpha value is -1.86. The van der Waals surface area contributed by atoms with E-state index in [1.54, 1.807) is 36.6 Å². The van der Waals surface area contributed by atoms with Crippen molar-refractivity contribution < 1.29 is 14.3 Å². The number of halogens is 1. The van der Waals surface area contributed by atoms with Crippen LogP contribution in [0.3, 0.4) is 0 Å². The minimum atomic E-state index is -0.456. The van der Waals surface area contributed by atoms with Crippen LogP contribution in [0.25, 0.3) is 0 Å². The van der Waals surface area contributed by atoms with Gasteiger partial charge in [0.15, 0.2) is 0 Å². The number of esters is 1. The van der Waals surface area contributed by atoms with Gasteiger partial charge in [-0.3, -0.25) is 4.79 Å². The third-order valence-electron chi connectivity index (χ3n) is 2.57. The summed E-state index contributed by atoms with van der Waals surface area (Å²) in [4.78, 5) is 24.0. The largest absolute Gasteiger partial charge is 0.462 e. The third-order valence-corrected chi connectivity index (χ3v) is 3.86. The van der Waals surface area contributed by atoms with Gasteiger partial charge in [0, 0.05) is 15.7 Å². The number of hydrogen-bond donors (Lipinski definition) is 2. The molecule has 2 rings (SSSR count). The Morgan fingerprint density at radius 2 is 2.14 bits per heavy atom. The highest BCUT2D eigenvalue weighted by Gasteiger charge is 2.17. The van der Waals surface area contributed by atoms with Crippen molar-refractivity contribution in [2.75, 3.05) is 17.7 Å². The van der Waals surface area contributed by atoms with Crippen molar-refractivity contribution in [1.29, 1.82) is 0 Å². The molecule has 21 heavy (non-hydrogen) atoms. The number of nitrogen functional groups attached to an aromatic ring is 1. The first-order valence-electron chi connectivity index (χ1n) is 6.13. The van der Waals surface area contributed by atoms with E-state index in [1.807, 2.05) is 0 Å². The number of carbonyl (C=O) groups excluding carboxylic acids is 2. The maximum atomic E-state index is 12.2. The minimum absolute atomic E-state index is 0.282. The molecule has 0 aliphatic carbocycles. The van der Waals surface area contributed by atoms with Gasteiger partial charge in [0.05, 0.1) is 12.2 Å². The number of carbonyl (C=O) groups is 2. The smallest absolute Gasteiger partial charge is 0.341 e. The van der Waals surface area contributed by atoms with Crippen molar-refractivity contribution >= 4 is 49.8 Å². The van der Waals surface area contributed by atoms with Gasteiger partial charge in [-0.2, -0.15) is 0 Å². The molecule has 2 aromatic rings. The summed E-state index contributed by atoms with van der Waals surface area (Å²) in [7, 11) is 0. The molecule has 1 aromatic carbocycles. The summed E-state index contributed by atoms with van der Waals surface area (Å²) in [6, 6.07) is 6.54. The number of nitrogens with two attached hydrogens (primary N) is 1. The molecular weight excluding hydrogens is 356 g/mol. The minimum Gasteiger partial charge on any atom is -0.462 e. The molecule has 0 saturated carbocycles. The molecule has 3 N–H and O–H groups in total. The van der Waals surface area contributed by atoms with Crippen LogP contribution in [0.15, 0.2) is 34.1 Å². The van der Waals surface area contributed by atoms with E-state index in [0.717, 1.165) is 0 Å². The van der Waals surface area contributed by atoms with E-state index in [2.05, 4.69) is 21.2 Å². The molecule has 1 aromatic heterocycles. The van der Waals surface area contributed by atoms with Crippen LogP contribution in [-0.2, 0) is 4.74 Å². The number of hydrogen-bond acceptors (Lipinski definition) is 5. The number of ether oxygens (including phenoxy) is 1. The second kappa shape index (κ2) is 6.73. The van der Waals surface area contributed by atoms with E-state index in [9.17, 15) is 9.59 Å². The quantitative estimate of drug-likeness (QED) is 0.638. The first kappa shape index (κ1) is 15.5. The van der Waals surface area contributed by atoms with E-state index in [0.29, 0.717) is 26.3 Å². The predicted molar refractivity (Wildman–Crippen MR) is 86.8 cm³/mol. The maximum Gasteiger partial charge on any atom is 0.341 e. The summed E-state index contributed by atoms with van der Waals surface area (Å²) in [5, 5.41) is 4.88. The van der Waals surface area contributed by atoms with Crippen LogP contribution >= 0.6 is 27.3 Å². The summed E-state index contributed by atoms with van der Waals surface area (Å²) >= 11 is 4.55. The molecule has 5 nitrogen and oxygen atoms in total. The molecule has 0 spiro atoms. The predicted octanol–water partition coefficient (Wildman–Crippen LogP) is 3.52. The molecule has 0 fully saturated rings. The second-order valence-corrected chi connectivity index (χ2v) is 5.94. The Morgan fingerprint density at radius 1 is 1.38 bits per heavy atom. The molecule has 7 heteroatoms. The molecular formula is C14H13BrN2O3S. The lowest BCUT2D eigenvalue weighted by atomic mass is 10.2. The molecule has 0 saturated heterocycles. The molecule has 110 valence electrons. The first-order chi connectivity index (χ1) is 10.0. The van der Waals surface area contributed by atoms with E-state index in [-0.39, 0.29) is 12.5 Å². The van der Waals surface area contributed by atoms with Crippen LogP contribution in [0.1, 0.15) is 27.6 Å². The Kier molecular flexibility index (Phi) is 4.98. The highest BCUT2D eigenvalue weighted by Crippen LogP contribution is 2.25. The first-order valence-corrected chi connectivity index (χ1v) is 7.80. The van der Waals surface area contributed by atoms with Gasteiger partial charge in [0.1, 0.15) is 5.00 Å². The van der Waals surface area contributed by atoms with Crippen molar-refractivity contribution in [3.8, 4) is 0 Å². The van der Waals surface area contributed by atoms with Crippen LogP contribution in [0.4, 0.5) is 10.7 Å². The summed E-state index contributed by atoms with van der Waals surface area (Å²) in [5.41, 5.74) is 6.94. The zero-order valence-electron chi connectivity index (χ0n) is 11.2. The fourth-order valence-electron chi connectivity index (χ4n) is 1.69. The number of nitrogens with one attached hydrogen (secondary N) is 1. The number of benzene rings is 1. The normalized spacial score (nSPS) is 10.2. The third kappa shape index (κ3) is 3.83. The van der Waals surface area contributed by atoms with Gasteiger partial charge in [0.2, 0.25) is 0 Å². The van der Waals surface area contributed by atoms with Crippen LogP contribution in [0, 0.1) is 0 Å². The average Bonchev–Trinajstić information content (AvgIpc) is 2.86. The molecule has 0 aliphatic heterocycles. The molecule has 0 unspecified atom stereocenters. The summed E-state index contributed by atoms with van der Waals surface area (Å²) in [6.45, 7) is 2.01. The molecule has 0 aliphatic rings. The molecule has 0 atom stereocenters. The van der Waals surface area contributed by atoms with Crippen molar-refractivity contribution in [3.05, 3.63) is 45.2 Å². The van der Waals surface area contributed by atoms with Crippen LogP contribution in [-0.4, -0.2) is 18.5 Å². The fraction of sp³-hybridized carbons (Fsp3) is 0.143. The van der Waals surface area contributed by atoms with E-state index in [1.165, 1.54) is 11.3 Å². The van der Waals surface area contributed by atoms with E-state index < -0.39 is 5.97 Å². The topological polar surface area (TPSA) is 81.4 Å². The van der Waals surface area contributed by atoms with Crippen molar-refractivity contribution in [3.63, 3.8) is 0 Å². The summed E-state index contributed by atoms with van der Waals surface area (Å²) in [6.07, 6.45) is 0. The van der Waals surface area contributed by atoms with Gasteiger partial charge in [-0.15, -0.1) is 11.3 Å². The van der Waals surface area contributed by atoms with Crippen LogP contribution < -0.4 is 11.1 Å². The lowest BCUT2D eigenvalue weighted by Crippen LogP contribution is -2.14. The Labute approximate surface area is 134 Å². The lowest BCUT2D eigenvalue weighted by molar-refractivity contribution is 0.0528. The van der Waals surface area contributed by atoms with Crippen LogP contribution in [0.2, 0.25) is 0 Å². The van der Waals surface area contributed by atoms with Crippen molar-refractivity contribution in [2.45, 2.75) is 6.92 Å². The summed E-state index contributed by atoms with van der Waals surface area (Å²) < 4.78 is 5.65. The fourth-order valence-corrected chi connectivity index (χ4v) is 2.98. The van der Waals surface area contributed by atoms with Gasteiger partial charge in [-0.25, -0.2) is 4.79 Å². The van der Waals surface area contributed by atoms with Gasteiger partial charge in [0.25, 0.3) is 5.91 Å². The Morgan fingerprint density at radius 3 is 2.81 bits per heavy atom. The maximum absolute atomic E-state index is 12.2. The number of thiophene rings is 1. The Balaban J connectivity index is 2.20. The van der Waals surface area contributed by atoms with E-state index >= 15 is 0 Å². The molecule has 1 heterocycles. The second-order valence-electron chi connectivity index (χ2n) is 4.11. The lowest BCUT2D eigenvalue weighted by Gasteiger charge is -2.07. The molecule has 1 amide bonds.